The van der Waals surface area contributed by atoms with Crippen molar-refractivity contribution in [1.82, 2.24) is 0 Å². The van der Waals surface area contributed by atoms with Crippen LogP contribution in [0.4, 0.5) is 0 Å². The molecule has 0 N–H and O–H groups in total. The van der Waals surface area contributed by atoms with Crippen molar-refractivity contribution >= 4 is 31.9 Å². The van der Waals surface area contributed by atoms with Crippen LogP contribution >= 0.6 is 31.9 Å². The molecule has 0 nitrogen and oxygen atoms in total. The highest BCUT2D eigenvalue weighted by Gasteiger charge is 2.17. The molecule has 1 atom stereocenters. The highest BCUT2D eigenvalue weighted by atomic mass is 79.9. The van der Waals surface area contributed by atoms with Gasteiger partial charge in [0, 0.05) is 9.31 Å². The summed E-state index contributed by atoms with van der Waals surface area (Å²) in [6.07, 6.45) is 12.0. The van der Waals surface area contributed by atoms with E-state index in [1.807, 2.05) is 0 Å². The maximum Gasteiger partial charge on any atom is 0.0395 e. The zero-order valence-corrected chi connectivity index (χ0v) is 13.7. The number of hydrogen-bond acceptors (Lipinski definition) is 0. The van der Waals surface area contributed by atoms with Crippen LogP contribution in [0.5, 0.6) is 0 Å². The summed E-state index contributed by atoms with van der Waals surface area (Å²) in [5.41, 5.74) is 5.34. The van der Waals surface area contributed by atoms with Crippen molar-refractivity contribution in [3.63, 3.8) is 0 Å². The predicted octanol–water partition coefficient (Wildman–Crippen LogP) is 5.97. The third-order valence-corrected chi connectivity index (χ3v) is 5.23. The zero-order valence-electron chi connectivity index (χ0n) is 10.5. The highest BCUT2D eigenvalue weighted by Crippen LogP contribution is 2.34. The van der Waals surface area contributed by atoms with Gasteiger partial charge in [-0.05, 0) is 43.8 Å². The van der Waals surface area contributed by atoms with Gasteiger partial charge in [-0.1, -0.05) is 73.9 Å². The van der Waals surface area contributed by atoms with Crippen LogP contribution in [0, 0.1) is 0 Å². The lowest BCUT2D eigenvalue weighted by molar-refractivity contribution is 0.792. The molecule has 3 aliphatic rings. The van der Waals surface area contributed by atoms with Gasteiger partial charge in [0.2, 0.25) is 0 Å². The van der Waals surface area contributed by atoms with Crippen LogP contribution in [-0.4, -0.2) is 4.83 Å². The summed E-state index contributed by atoms with van der Waals surface area (Å²) in [4.78, 5) is 0.505. The molecule has 18 heavy (non-hydrogen) atoms. The normalized spacial score (nSPS) is 28.8. The fourth-order valence-electron chi connectivity index (χ4n) is 2.27. The van der Waals surface area contributed by atoms with Crippen molar-refractivity contribution in [3.8, 4) is 0 Å². The molecule has 0 heterocycles. The Kier molecular flexibility index (Phi) is 4.85. The van der Waals surface area contributed by atoms with Gasteiger partial charge in [-0.3, -0.25) is 0 Å². The second kappa shape index (κ2) is 6.21. The van der Waals surface area contributed by atoms with E-state index in [2.05, 4.69) is 63.2 Å². The fraction of sp³-hybridized carbons (Fsp3) is 0.375. The Morgan fingerprint density at radius 3 is 2.56 bits per heavy atom. The van der Waals surface area contributed by atoms with Gasteiger partial charge < -0.3 is 0 Å². The van der Waals surface area contributed by atoms with Gasteiger partial charge in [0.05, 0.1) is 0 Å². The van der Waals surface area contributed by atoms with Gasteiger partial charge in [0.1, 0.15) is 0 Å². The Morgan fingerprint density at radius 1 is 1.06 bits per heavy atom. The number of hydrogen-bond donors (Lipinski definition) is 0. The van der Waals surface area contributed by atoms with Gasteiger partial charge in [0.15, 0.2) is 0 Å². The van der Waals surface area contributed by atoms with Crippen molar-refractivity contribution in [1.29, 1.82) is 0 Å². The minimum absolute atomic E-state index is 0.505. The molecule has 96 valence electrons. The number of halogens is 2. The largest absolute Gasteiger partial charge is 0.0958 e. The van der Waals surface area contributed by atoms with Crippen LogP contribution in [0.15, 0.2) is 58.2 Å². The van der Waals surface area contributed by atoms with E-state index in [0.29, 0.717) is 4.83 Å². The van der Waals surface area contributed by atoms with E-state index in [0.717, 1.165) is 36.6 Å². The van der Waals surface area contributed by atoms with E-state index in [1.54, 1.807) is 0 Å². The average molecular weight is 370 g/mol. The maximum absolute atomic E-state index is 4.15. The second-order valence-electron chi connectivity index (χ2n) is 4.99. The third-order valence-electron chi connectivity index (χ3n) is 3.53. The lowest BCUT2D eigenvalue weighted by atomic mass is 9.90. The summed E-state index contributed by atoms with van der Waals surface area (Å²) < 4.78 is 1.11. The first-order valence-corrected chi connectivity index (χ1v) is 8.03. The molecule has 2 bridgehead atoms. The van der Waals surface area contributed by atoms with E-state index < -0.39 is 0 Å². The zero-order chi connectivity index (χ0) is 13.1. The third kappa shape index (κ3) is 3.58. The van der Waals surface area contributed by atoms with Crippen molar-refractivity contribution < 1.29 is 0 Å². The molecule has 3 rings (SSSR count). The maximum atomic E-state index is 4.15. The predicted molar refractivity (Wildman–Crippen MR) is 87.3 cm³/mol. The number of alkyl halides is 1. The Morgan fingerprint density at radius 2 is 1.83 bits per heavy atom. The van der Waals surface area contributed by atoms with Crippen LogP contribution < -0.4 is 0 Å². The molecule has 0 fully saturated rings. The summed E-state index contributed by atoms with van der Waals surface area (Å²) in [6.45, 7) is 8.28. The van der Waals surface area contributed by atoms with Crippen molar-refractivity contribution in [2.75, 3.05) is 0 Å². The van der Waals surface area contributed by atoms with Crippen LogP contribution in [0.3, 0.4) is 0 Å². The Bertz CT molecular complexity index is 463. The Hall–Kier alpha value is -0.340. The van der Waals surface area contributed by atoms with Gasteiger partial charge in [0.25, 0.3) is 0 Å². The first-order valence-electron chi connectivity index (χ1n) is 6.32. The van der Waals surface area contributed by atoms with Crippen LogP contribution in [0.1, 0.15) is 32.1 Å². The number of fused-ring (bicyclic) bond motifs is 8. The van der Waals surface area contributed by atoms with E-state index in [-0.39, 0.29) is 0 Å². The van der Waals surface area contributed by atoms with E-state index >= 15 is 0 Å². The van der Waals surface area contributed by atoms with Gasteiger partial charge in [-0.2, -0.15) is 0 Å². The van der Waals surface area contributed by atoms with Crippen molar-refractivity contribution in [3.05, 3.63) is 58.2 Å². The standard InChI is InChI=1S/C16H18Br2/c1-11-3-7-14-8-6-13(10-16(14)18)5-4-12(2)15(17)9-11/h6,8-9,16H,1-5,7,10H2/b15-9+. The second-order valence-corrected chi connectivity index (χ2v) is 6.95. The fourth-order valence-corrected chi connectivity index (χ4v) is 3.59. The Labute approximate surface area is 126 Å². The number of rotatable bonds is 0. The van der Waals surface area contributed by atoms with Crippen LogP contribution in [0.2, 0.25) is 0 Å². The smallest absolute Gasteiger partial charge is 0.0395 e. The topological polar surface area (TPSA) is 0 Å². The van der Waals surface area contributed by atoms with Crippen LogP contribution in [-0.2, 0) is 0 Å². The molecule has 0 aliphatic heterocycles. The molecular weight excluding hydrogens is 352 g/mol. The Balaban J connectivity index is 2.24. The molecule has 1 unspecified atom stereocenters. The number of allylic oxidation sites excluding steroid dienone is 8. The minimum atomic E-state index is 0.505. The van der Waals surface area contributed by atoms with E-state index in [1.165, 1.54) is 22.3 Å². The van der Waals surface area contributed by atoms with Gasteiger partial charge >= 0.3 is 0 Å². The summed E-state index contributed by atoms with van der Waals surface area (Å²) in [5.74, 6) is 0. The van der Waals surface area contributed by atoms with Crippen molar-refractivity contribution in [2.45, 2.75) is 36.9 Å². The molecule has 0 amide bonds. The van der Waals surface area contributed by atoms with Crippen LogP contribution in [0.25, 0.3) is 0 Å². The molecule has 0 spiro atoms. The quantitative estimate of drug-likeness (QED) is 0.461. The molecule has 0 aromatic heterocycles. The van der Waals surface area contributed by atoms with Gasteiger partial charge in [-0.15, -0.1) is 0 Å². The molecule has 2 heteroatoms. The molecule has 0 aromatic rings. The average Bonchev–Trinajstić information content (AvgIpc) is 2.33. The molecule has 0 saturated heterocycles. The van der Waals surface area contributed by atoms with Crippen molar-refractivity contribution in [2.24, 2.45) is 0 Å². The first-order chi connectivity index (χ1) is 8.56. The highest BCUT2D eigenvalue weighted by molar-refractivity contribution is 9.12. The van der Waals surface area contributed by atoms with Gasteiger partial charge in [-0.25, -0.2) is 0 Å². The molecule has 0 aromatic carbocycles. The lowest BCUT2D eigenvalue weighted by Crippen LogP contribution is -2.09. The van der Waals surface area contributed by atoms with E-state index in [4.69, 9.17) is 0 Å². The summed E-state index contributed by atoms with van der Waals surface area (Å²) in [6, 6.07) is 0. The summed E-state index contributed by atoms with van der Waals surface area (Å²) >= 11 is 7.40. The summed E-state index contributed by atoms with van der Waals surface area (Å²) in [7, 11) is 0. The SMILES string of the molecule is C=C1/C=C(/Br)C(=C)CCC2=CC=C(CC1)C(Br)C2. The molecule has 0 saturated carbocycles. The summed E-state index contributed by atoms with van der Waals surface area (Å²) in [5, 5.41) is 0. The molecule has 0 radical (unpaired) electrons. The monoisotopic (exact) mass is 368 g/mol. The first kappa shape index (κ1) is 14.1. The van der Waals surface area contributed by atoms with E-state index in [9.17, 15) is 0 Å². The minimum Gasteiger partial charge on any atom is -0.0958 e. The molecule has 3 aliphatic carbocycles. The molecular formula is C16H18Br2. The lowest BCUT2D eigenvalue weighted by Gasteiger charge is -2.22.